The standard InChI is InChI=1S/C58H52N5OS.Pt/c1-55(2,3)35-20-23-47-42(28-35)41-22-21-40(33-48(41)62(47)51-29-36(24-25-59-51)56(4,5)6)64-39-15-11-14-37(30-39)60-26-27-61(34-60)38-31-45-52-46(32-38)58(9,10)44-17-13-19-50-54(44)63(52)53-43(57(45,7)8)16-12-18-49(53)65-50;/h11-29,31-32,34H,1-10H3;/q-3;. The minimum Gasteiger partial charge on any atom is -0.509 e. The number of hydrogen-bond donors (Lipinski definition) is 0. The summed E-state index contributed by atoms with van der Waals surface area (Å²) < 4.78 is 8.87. The molecule has 4 aliphatic rings. The van der Waals surface area contributed by atoms with E-state index in [4.69, 9.17) is 9.72 Å². The largest absolute Gasteiger partial charge is 0.509 e. The van der Waals surface area contributed by atoms with Gasteiger partial charge in [-0.05, 0) is 104 Å². The zero-order chi connectivity index (χ0) is 44.9. The maximum atomic E-state index is 6.64. The molecule has 0 bridgehead atoms. The summed E-state index contributed by atoms with van der Waals surface area (Å²) in [5, 5.41) is 2.28. The zero-order valence-electron chi connectivity index (χ0n) is 39.1. The molecule has 2 aromatic heterocycles. The molecule has 0 fully saturated rings. The van der Waals surface area contributed by atoms with E-state index >= 15 is 0 Å². The molecule has 334 valence electrons. The van der Waals surface area contributed by atoms with E-state index in [1.807, 2.05) is 36.2 Å². The van der Waals surface area contributed by atoms with Crippen LogP contribution in [0.4, 0.5) is 28.4 Å². The van der Waals surface area contributed by atoms with Gasteiger partial charge in [0.05, 0.1) is 17.1 Å². The Kier molecular flexibility index (Phi) is 9.50. The van der Waals surface area contributed by atoms with Gasteiger partial charge in [-0.15, -0.1) is 48.1 Å². The maximum absolute atomic E-state index is 6.64. The number of rotatable bonds is 5. The van der Waals surface area contributed by atoms with Crippen LogP contribution in [0.1, 0.15) is 103 Å². The van der Waals surface area contributed by atoms with Crippen molar-refractivity contribution in [3.63, 3.8) is 0 Å². The Morgan fingerprint density at radius 2 is 1.23 bits per heavy atom. The fraction of sp³-hybridized carbons (Fsp3) is 0.241. The topological polar surface area (TPSA) is 36.8 Å². The van der Waals surface area contributed by atoms with E-state index in [0.29, 0.717) is 11.5 Å². The number of nitrogens with zero attached hydrogens (tertiary/aromatic N) is 5. The number of para-hydroxylation sites is 2. The number of hydrogen-bond acceptors (Lipinski definition) is 6. The van der Waals surface area contributed by atoms with E-state index in [1.165, 1.54) is 65.6 Å². The molecule has 0 spiro atoms. The van der Waals surface area contributed by atoms with Crippen molar-refractivity contribution in [1.29, 1.82) is 0 Å². The molecule has 12 rings (SSSR count). The Balaban J connectivity index is 0.00000481. The predicted molar refractivity (Wildman–Crippen MR) is 268 cm³/mol. The number of aromatic nitrogens is 2. The summed E-state index contributed by atoms with van der Waals surface area (Å²) in [5.74, 6) is 2.09. The van der Waals surface area contributed by atoms with Crippen molar-refractivity contribution in [3.8, 4) is 17.3 Å². The summed E-state index contributed by atoms with van der Waals surface area (Å²) in [6, 6.07) is 47.1. The molecule has 0 atom stereocenters. The van der Waals surface area contributed by atoms with Crippen molar-refractivity contribution >= 4 is 62.0 Å². The molecule has 0 unspecified atom stereocenters. The van der Waals surface area contributed by atoms with Gasteiger partial charge in [0.15, 0.2) is 0 Å². The van der Waals surface area contributed by atoms with Crippen LogP contribution in [0.5, 0.6) is 11.5 Å². The summed E-state index contributed by atoms with van der Waals surface area (Å²) in [4.78, 5) is 14.5. The first kappa shape index (κ1) is 42.9. The molecule has 8 heteroatoms. The second kappa shape index (κ2) is 14.6. The third-order valence-electron chi connectivity index (χ3n) is 14.2. The molecule has 6 nitrogen and oxygen atoms in total. The van der Waals surface area contributed by atoms with Crippen LogP contribution in [0.15, 0.2) is 138 Å². The van der Waals surface area contributed by atoms with E-state index in [-0.39, 0.29) is 42.7 Å². The Hall–Kier alpha value is -5.75. The third kappa shape index (κ3) is 6.36. The number of pyridine rings is 1. The van der Waals surface area contributed by atoms with Crippen LogP contribution < -0.4 is 19.4 Å². The average Bonchev–Trinajstić information content (AvgIpc) is 3.90. The van der Waals surface area contributed by atoms with E-state index in [9.17, 15) is 0 Å². The zero-order valence-corrected chi connectivity index (χ0v) is 42.2. The summed E-state index contributed by atoms with van der Waals surface area (Å²) in [7, 11) is 0. The first-order valence-corrected chi connectivity index (χ1v) is 23.5. The molecular weight excluding hydrogens is 1010 g/mol. The molecule has 0 N–H and O–H groups in total. The van der Waals surface area contributed by atoms with Gasteiger partial charge in [0.25, 0.3) is 0 Å². The van der Waals surface area contributed by atoms with Crippen LogP contribution in [0, 0.1) is 18.8 Å². The van der Waals surface area contributed by atoms with Crippen LogP contribution >= 0.6 is 11.8 Å². The Bertz CT molecular complexity index is 3280. The first-order chi connectivity index (χ1) is 31.0. The van der Waals surface area contributed by atoms with Crippen LogP contribution in [-0.2, 0) is 42.7 Å². The SMILES string of the molecule is CC(C)(C)c1ccnc(-n2c3[c-]c(Oc4[c-]c(N5C=CN(c6cc7c8c(c6)C(C)(C)c6cccc9c6N8c6c(cccc6C7(C)C)S9)[CH-]5)ccc4)ccc3c3cc(C(C)(C)C)ccc32)c1.[Pt]. The van der Waals surface area contributed by atoms with Gasteiger partial charge < -0.3 is 24.0 Å². The van der Waals surface area contributed by atoms with Gasteiger partial charge in [0.2, 0.25) is 0 Å². The average molecular weight is 1060 g/mol. The van der Waals surface area contributed by atoms with Gasteiger partial charge >= 0.3 is 0 Å². The first-order valence-electron chi connectivity index (χ1n) is 22.7. The van der Waals surface area contributed by atoms with Crippen molar-refractivity contribution in [2.75, 3.05) is 14.7 Å². The number of fused-ring (bicyclic) bond motifs is 3. The summed E-state index contributed by atoms with van der Waals surface area (Å²) >= 11 is 1.91. The quantitative estimate of drug-likeness (QED) is 0.160. The van der Waals surface area contributed by atoms with E-state index in [1.54, 1.807) is 0 Å². The monoisotopic (exact) mass is 1060 g/mol. The van der Waals surface area contributed by atoms with Crippen LogP contribution in [0.2, 0.25) is 0 Å². The normalized spacial score (nSPS) is 16.2. The maximum Gasteiger partial charge on any atom is 0.135 e. The second-order valence-electron chi connectivity index (χ2n) is 21.2. The molecule has 0 saturated heterocycles. The molecule has 4 aliphatic heterocycles. The van der Waals surface area contributed by atoms with Gasteiger partial charge in [-0.3, -0.25) is 0 Å². The van der Waals surface area contributed by atoms with E-state index in [2.05, 4.69) is 211 Å². The fourth-order valence-corrected chi connectivity index (χ4v) is 11.6. The van der Waals surface area contributed by atoms with Gasteiger partial charge in [0, 0.05) is 70.6 Å². The van der Waals surface area contributed by atoms with E-state index < -0.39 is 0 Å². The number of benzene rings is 6. The minimum absolute atomic E-state index is 0. The third-order valence-corrected chi connectivity index (χ3v) is 15.3. The van der Waals surface area contributed by atoms with E-state index in [0.717, 1.165) is 33.6 Å². The fourth-order valence-electron chi connectivity index (χ4n) is 10.5. The molecule has 6 heterocycles. The van der Waals surface area contributed by atoms with Gasteiger partial charge in [-0.1, -0.05) is 123 Å². The predicted octanol–water partition coefficient (Wildman–Crippen LogP) is 15.3. The second-order valence-corrected chi connectivity index (χ2v) is 22.3. The van der Waals surface area contributed by atoms with Crippen molar-refractivity contribution < 1.29 is 25.8 Å². The summed E-state index contributed by atoms with van der Waals surface area (Å²) in [6.07, 6.45) is 6.16. The smallest absolute Gasteiger partial charge is 0.135 e. The van der Waals surface area contributed by atoms with Crippen LogP contribution in [0.3, 0.4) is 0 Å². The minimum atomic E-state index is -0.207. The number of ether oxygens (including phenoxy) is 1. The molecule has 66 heavy (non-hydrogen) atoms. The summed E-state index contributed by atoms with van der Waals surface area (Å²) in [6.45, 7) is 25.2. The summed E-state index contributed by atoms with van der Waals surface area (Å²) in [5.41, 5.74) is 15.5. The van der Waals surface area contributed by atoms with Gasteiger partial charge in [-0.25, -0.2) is 4.98 Å². The van der Waals surface area contributed by atoms with Crippen molar-refractivity contribution in [2.45, 2.75) is 101 Å². The van der Waals surface area contributed by atoms with Crippen LogP contribution in [0.25, 0.3) is 27.6 Å². The molecule has 6 aromatic carbocycles. The molecule has 0 aliphatic carbocycles. The van der Waals surface area contributed by atoms with Gasteiger partial charge in [-0.2, -0.15) is 12.1 Å². The molecule has 8 aromatic rings. The molecule has 0 amide bonds. The number of anilines is 5. The molecule has 0 saturated carbocycles. The molecule has 0 radical (unpaired) electrons. The van der Waals surface area contributed by atoms with Crippen molar-refractivity contribution in [3.05, 3.63) is 180 Å². The molecular formula is C58H52N5OPtS-3. The van der Waals surface area contributed by atoms with Gasteiger partial charge in [0.1, 0.15) is 5.82 Å². The van der Waals surface area contributed by atoms with Crippen molar-refractivity contribution in [1.82, 2.24) is 9.55 Å². The Labute approximate surface area is 407 Å². The Morgan fingerprint density at radius 1 is 0.606 bits per heavy atom. The van der Waals surface area contributed by atoms with Crippen molar-refractivity contribution in [2.24, 2.45) is 0 Å². The Morgan fingerprint density at radius 3 is 1.89 bits per heavy atom. The van der Waals surface area contributed by atoms with Crippen LogP contribution in [-0.4, -0.2) is 9.55 Å².